The van der Waals surface area contributed by atoms with Gasteiger partial charge < -0.3 is 15.0 Å². The van der Waals surface area contributed by atoms with E-state index in [9.17, 15) is 13.2 Å². The van der Waals surface area contributed by atoms with Gasteiger partial charge in [-0.3, -0.25) is 9.69 Å². The molecule has 2 aliphatic rings. The number of carbonyl (C=O) groups excluding carboxylic acids is 1. The summed E-state index contributed by atoms with van der Waals surface area (Å²) in [6.45, 7) is 11.0. The summed E-state index contributed by atoms with van der Waals surface area (Å²) in [7, 11) is -3.73. The van der Waals surface area contributed by atoms with Crippen LogP contribution in [0.15, 0.2) is 29.2 Å². The van der Waals surface area contributed by atoms with Crippen molar-refractivity contribution in [2.24, 2.45) is 0 Å². The molecule has 0 radical (unpaired) electrons. The standard InChI is InChI=1S/C24H40N4O4S/c1-4-32-22-8-10-23(11-9-22)33(30,31)27(15-12-24(29)26-16-13-25-14-17-26)18-19-28-20(2)6-5-7-21(28)3/h8-11,20-21,25H,4-7,12-19H2,1-3H3. The highest BCUT2D eigenvalue weighted by Crippen LogP contribution is 2.24. The fourth-order valence-electron chi connectivity index (χ4n) is 4.81. The van der Waals surface area contributed by atoms with Crippen LogP contribution in [0.25, 0.3) is 0 Å². The second-order valence-electron chi connectivity index (χ2n) is 9.06. The topological polar surface area (TPSA) is 82.2 Å². The van der Waals surface area contributed by atoms with E-state index in [0.717, 1.165) is 25.9 Å². The van der Waals surface area contributed by atoms with Crippen molar-refractivity contribution in [1.82, 2.24) is 19.4 Å². The molecule has 0 aliphatic carbocycles. The molecule has 3 rings (SSSR count). The van der Waals surface area contributed by atoms with Gasteiger partial charge in [0.15, 0.2) is 0 Å². The Kier molecular flexibility index (Phi) is 9.55. The average molecular weight is 481 g/mol. The summed E-state index contributed by atoms with van der Waals surface area (Å²) in [6.07, 6.45) is 3.68. The second-order valence-corrected chi connectivity index (χ2v) is 11.0. The molecule has 2 saturated heterocycles. The first-order chi connectivity index (χ1) is 15.8. The van der Waals surface area contributed by atoms with E-state index in [0.29, 0.717) is 50.6 Å². The van der Waals surface area contributed by atoms with Crippen molar-refractivity contribution < 1.29 is 17.9 Å². The van der Waals surface area contributed by atoms with Crippen LogP contribution < -0.4 is 10.1 Å². The van der Waals surface area contributed by atoms with Crippen LogP contribution in [0.2, 0.25) is 0 Å². The zero-order valence-electron chi connectivity index (χ0n) is 20.3. The minimum absolute atomic E-state index is 0.0168. The highest BCUT2D eigenvalue weighted by atomic mass is 32.2. The zero-order chi connectivity index (χ0) is 23.8. The highest BCUT2D eigenvalue weighted by molar-refractivity contribution is 7.89. The summed E-state index contributed by atoms with van der Waals surface area (Å²) in [4.78, 5) is 17.2. The van der Waals surface area contributed by atoms with E-state index in [1.165, 1.54) is 10.7 Å². The predicted molar refractivity (Wildman–Crippen MR) is 130 cm³/mol. The number of piperidine rings is 1. The van der Waals surface area contributed by atoms with Crippen molar-refractivity contribution >= 4 is 15.9 Å². The summed E-state index contributed by atoms with van der Waals surface area (Å²) in [5, 5.41) is 3.24. The van der Waals surface area contributed by atoms with Crippen LogP contribution in [0.4, 0.5) is 0 Å². The Morgan fingerprint density at radius 1 is 1.09 bits per heavy atom. The van der Waals surface area contributed by atoms with Crippen LogP contribution in [-0.4, -0.2) is 92.9 Å². The number of benzene rings is 1. The molecule has 0 saturated carbocycles. The normalized spacial score (nSPS) is 22.5. The molecule has 1 aromatic rings. The maximum atomic E-state index is 13.6. The highest BCUT2D eigenvalue weighted by Gasteiger charge is 2.30. The van der Waals surface area contributed by atoms with Gasteiger partial charge in [0.05, 0.1) is 11.5 Å². The molecular formula is C24H40N4O4S. The number of rotatable bonds is 10. The molecule has 2 fully saturated rings. The van der Waals surface area contributed by atoms with Gasteiger partial charge in [0.25, 0.3) is 0 Å². The van der Waals surface area contributed by atoms with Gasteiger partial charge in [0.2, 0.25) is 15.9 Å². The lowest BCUT2D eigenvalue weighted by Crippen LogP contribution is -2.49. The zero-order valence-corrected chi connectivity index (χ0v) is 21.1. The van der Waals surface area contributed by atoms with Crippen LogP contribution in [0.3, 0.4) is 0 Å². The lowest BCUT2D eigenvalue weighted by molar-refractivity contribution is -0.131. The summed E-state index contributed by atoms with van der Waals surface area (Å²) >= 11 is 0. The predicted octanol–water partition coefficient (Wildman–Crippen LogP) is 2.16. The minimum atomic E-state index is -3.73. The molecule has 8 nitrogen and oxygen atoms in total. The molecule has 1 aromatic carbocycles. The molecule has 9 heteroatoms. The maximum Gasteiger partial charge on any atom is 0.243 e. The first-order valence-corrected chi connectivity index (χ1v) is 13.7. The Labute approximate surface area is 199 Å². The minimum Gasteiger partial charge on any atom is -0.494 e. The number of amides is 1. The third-order valence-electron chi connectivity index (χ3n) is 6.80. The number of nitrogens with zero attached hydrogens (tertiary/aromatic N) is 3. The Hall–Kier alpha value is -1.68. The van der Waals surface area contributed by atoms with E-state index in [-0.39, 0.29) is 23.8 Å². The van der Waals surface area contributed by atoms with E-state index in [2.05, 4.69) is 24.1 Å². The number of carbonyl (C=O) groups is 1. The molecule has 0 spiro atoms. The summed E-state index contributed by atoms with van der Waals surface area (Å²) in [5.41, 5.74) is 0. The number of likely N-dealkylation sites (tertiary alicyclic amines) is 1. The molecule has 0 aromatic heterocycles. The Bertz CT molecular complexity index is 846. The Balaban J connectivity index is 1.73. The molecule has 33 heavy (non-hydrogen) atoms. The molecule has 1 N–H and O–H groups in total. The summed E-state index contributed by atoms with van der Waals surface area (Å²) in [6, 6.07) is 7.44. The number of hydrogen-bond acceptors (Lipinski definition) is 6. The van der Waals surface area contributed by atoms with Gasteiger partial charge in [-0.1, -0.05) is 6.42 Å². The largest absolute Gasteiger partial charge is 0.494 e. The van der Waals surface area contributed by atoms with Gasteiger partial charge >= 0.3 is 0 Å². The van der Waals surface area contributed by atoms with Crippen molar-refractivity contribution in [1.29, 1.82) is 0 Å². The number of sulfonamides is 1. The molecule has 2 heterocycles. The van der Waals surface area contributed by atoms with Crippen molar-refractivity contribution in [3.8, 4) is 5.75 Å². The van der Waals surface area contributed by atoms with Crippen LogP contribution in [-0.2, 0) is 14.8 Å². The van der Waals surface area contributed by atoms with Gasteiger partial charge in [-0.05, 0) is 57.9 Å². The SMILES string of the molecule is CCOc1ccc(S(=O)(=O)N(CCC(=O)N2CCNCC2)CCN2C(C)CCCC2C)cc1. The lowest BCUT2D eigenvalue weighted by atomic mass is 9.98. The molecule has 186 valence electrons. The smallest absolute Gasteiger partial charge is 0.243 e. The van der Waals surface area contributed by atoms with Gasteiger partial charge in [0.1, 0.15) is 5.75 Å². The fourth-order valence-corrected chi connectivity index (χ4v) is 6.24. The van der Waals surface area contributed by atoms with E-state index in [1.54, 1.807) is 24.3 Å². The Morgan fingerprint density at radius 3 is 2.33 bits per heavy atom. The Morgan fingerprint density at radius 2 is 1.73 bits per heavy atom. The molecule has 2 unspecified atom stereocenters. The first-order valence-electron chi connectivity index (χ1n) is 12.3. The lowest BCUT2D eigenvalue weighted by Gasteiger charge is -2.40. The van der Waals surface area contributed by atoms with Crippen molar-refractivity contribution in [3.05, 3.63) is 24.3 Å². The van der Waals surface area contributed by atoms with Gasteiger partial charge in [-0.25, -0.2) is 8.42 Å². The van der Waals surface area contributed by atoms with E-state index in [4.69, 9.17) is 4.74 Å². The van der Waals surface area contributed by atoms with Gasteiger partial charge in [0, 0.05) is 64.3 Å². The summed E-state index contributed by atoms with van der Waals surface area (Å²) in [5.74, 6) is 0.663. The van der Waals surface area contributed by atoms with Crippen LogP contribution >= 0.6 is 0 Å². The maximum absolute atomic E-state index is 13.6. The van der Waals surface area contributed by atoms with Crippen LogP contribution in [0.1, 0.15) is 46.5 Å². The average Bonchev–Trinajstić information content (AvgIpc) is 2.81. The number of piperazine rings is 1. The second kappa shape index (κ2) is 12.1. The monoisotopic (exact) mass is 480 g/mol. The van der Waals surface area contributed by atoms with Crippen LogP contribution in [0.5, 0.6) is 5.75 Å². The van der Waals surface area contributed by atoms with Crippen molar-refractivity contribution in [2.45, 2.75) is 63.4 Å². The molecule has 2 atom stereocenters. The van der Waals surface area contributed by atoms with E-state index in [1.807, 2.05) is 11.8 Å². The van der Waals surface area contributed by atoms with E-state index >= 15 is 0 Å². The molecular weight excluding hydrogens is 440 g/mol. The molecule has 2 aliphatic heterocycles. The fraction of sp³-hybridized carbons (Fsp3) is 0.708. The van der Waals surface area contributed by atoms with Crippen molar-refractivity contribution in [2.75, 3.05) is 52.4 Å². The number of hydrogen-bond donors (Lipinski definition) is 1. The number of nitrogens with one attached hydrogen (secondary N) is 1. The van der Waals surface area contributed by atoms with Gasteiger partial charge in [-0.15, -0.1) is 0 Å². The molecule has 1 amide bonds. The quantitative estimate of drug-likeness (QED) is 0.553. The van der Waals surface area contributed by atoms with Crippen LogP contribution in [0, 0.1) is 0 Å². The first kappa shape index (κ1) is 25.9. The van der Waals surface area contributed by atoms with Crippen molar-refractivity contribution in [3.63, 3.8) is 0 Å². The van der Waals surface area contributed by atoms with Gasteiger partial charge in [-0.2, -0.15) is 4.31 Å². The van der Waals surface area contributed by atoms with E-state index < -0.39 is 10.0 Å². The third-order valence-corrected chi connectivity index (χ3v) is 8.71. The molecule has 0 bridgehead atoms. The summed E-state index contributed by atoms with van der Waals surface area (Å²) < 4.78 is 34.1. The number of ether oxygens (including phenoxy) is 1. The third kappa shape index (κ3) is 6.91.